The van der Waals surface area contributed by atoms with Gasteiger partial charge in [-0.15, -0.1) is 0 Å². The number of hydrogen-bond donors (Lipinski definition) is 1. The van der Waals surface area contributed by atoms with Crippen molar-refractivity contribution in [3.8, 4) is 5.75 Å². The van der Waals surface area contributed by atoms with Crippen molar-refractivity contribution in [3.63, 3.8) is 0 Å². The Labute approximate surface area is 111 Å². The van der Waals surface area contributed by atoms with E-state index >= 15 is 0 Å². The summed E-state index contributed by atoms with van der Waals surface area (Å²) in [5, 5.41) is 0.584. The fraction of sp³-hybridized carbons (Fsp3) is 0.500. The minimum atomic E-state index is -3.30. The average molecular weight is 288 g/mol. The van der Waals surface area contributed by atoms with Crippen molar-refractivity contribution >= 4 is 21.6 Å². The van der Waals surface area contributed by atoms with Crippen LogP contribution >= 0.6 is 11.6 Å². The van der Waals surface area contributed by atoms with E-state index in [2.05, 4.69) is 4.72 Å². The molecule has 2 aliphatic rings. The average Bonchev–Trinajstić information content (AvgIpc) is 2.95. The SMILES string of the molecule is CC1(S(=O)(=O)NC2COc3ccc(Cl)cc32)CC1. The molecule has 3 rings (SSSR count). The van der Waals surface area contributed by atoms with Gasteiger partial charge in [-0.1, -0.05) is 11.6 Å². The van der Waals surface area contributed by atoms with Crippen LogP contribution in [0.25, 0.3) is 0 Å². The minimum absolute atomic E-state index is 0.324. The van der Waals surface area contributed by atoms with E-state index in [1.165, 1.54) is 0 Å². The van der Waals surface area contributed by atoms with E-state index in [1.54, 1.807) is 25.1 Å². The molecule has 1 atom stereocenters. The lowest BCUT2D eigenvalue weighted by atomic mass is 10.1. The van der Waals surface area contributed by atoms with Gasteiger partial charge in [0.1, 0.15) is 12.4 Å². The molecule has 1 aliphatic carbocycles. The zero-order valence-electron chi connectivity index (χ0n) is 9.94. The maximum absolute atomic E-state index is 12.2. The summed E-state index contributed by atoms with van der Waals surface area (Å²) in [6.07, 6.45) is 1.44. The van der Waals surface area contributed by atoms with Gasteiger partial charge >= 0.3 is 0 Å². The van der Waals surface area contributed by atoms with E-state index < -0.39 is 14.8 Å². The van der Waals surface area contributed by atoms with Gasteiger partial charge in [0.2, 0.25) is 10.0 Å². The molecule has 0 aromatic heterocycles. The Morgan fingerprint density at radius 3 is 2.83 bits per heavy atom. The van der Waals surface area contributed by atoms with Gasteiger partial charge in [-0.2, -0.15) is 0 Å². The van der Waals surface area contributed by atoms with Crippen molar-refractivity contribution in [1.29, 1.82) is 0 Å². The van der Waals surface area contributed by atoms with E-state index in [1.807, 2.05) is 0 Å². The number of ether oxygens (including phenoxy) is 1. The number of hydrogen-bond acceptors (Lipinski definition) is 3. The van der Waals surface area contributed by atoms with E-state index in [0.29, 0.717) is 17.4 Å². The number of nitrogens with one attached hydrogen (secondary N) is 1. The predicted molar refractivity (Wildman–Crippen MR) is 69.4 cm³/mol. The Kier molecular flexibility index (Phi) is 2.63. The van der Waals surface area contributed by atoms with Crippen LogP contribution in [0.1, 0.15) is 31.4 Å². The van der Waals surface area contributed by atoms with E-state index in [4.69, 9.17) is 16.3 Å². The number of rotatable bonds is 3. The van der Waals surface area contributed by atoms with Crippen molar-refractivity contribution in [2.24, 2.45) is 0 Å². The molecular weight excluding hydrogens is 274 g/mol. The van der Waals surface area contributed by atoms with Gasteiger partial charge in [-0.3, -0.25) is 0 Å². The van der Waals surface area contributed by atoms with Gasteiger partial charge in [0, 0.05) is 10.6 Å². The molecule has 0 spiro atoms. The lowest BCUT2D eigenvalue weighted by Gasteiger charge is -2.16. The fourth-order valence-corrected chi connectivity index (χ4v) is 3.73. The summed E-state index contributed by atoms with van der Waals surface area (Å²) < 4.78 is 31.9. The molecular formula is C12H14ClNO3S. The molecule has 1 fully saturated rings. The summed E-state index contributed by atoms with van der Waals surface area (Å²) in [7, 11) is -3.30. The first-order chi connectivity index (χ1) is 8.41. The highest BCUT2D eigenvalue weighted by Gasteiger charge is 2.51. The standard InChI is InChI=1S/C12H14ClNO3S/c1-12(4-5-12)18(15,16)14-10-7-17-11-3-2-8(13)6-9(10)11/h2-3,6,10,14H,4-5,7H2,1H3. The van der Waals surface area contributed by atoms with Crippen LogP contribution in [-0.2, 0) is 10.0 Å². The van der Waals surface area contributed by atoms with Gasteiger partial charge in [0.25, 0.3) is 0 Å². The third-order valence-electron chi connectivity index (χ3n) is 3.65. The maximum atomic E-state index is 12.2. The second kappa shape index (κ2) is 3.85. The highest BCUT2D eigenvalue weighted by Crippen LogP contribution is 2.44. The van der Waals surface area contributed by atoms with Crippen LogP contribution in [0.4, 0.5) is 0 Å². The van der Waals surface area contributed by atoms with E-state index in [9.17, 15) is 8.42 Å². The Morgan fingerprint density at radius 1 is 1.44 bits per heavy atom. The quantitative estimate of drug-likeness (QED) is 0.928. The van der Waals surface area contributed by atoms with Gasteiger partial charge in [0.15, 0.2) is 0 Å². The molecule has 0 bridgehead atoms. The summed E-state index contributed by atoms with van der Waals surface area (Å²) in [5.74, 6) is 0.702. The van der Waals surface area contributed by atoms with Gasteiger partial charge < -0.3 is 4.74 Å². The highest BCUT2D eigenvalue weighted by molar-refractivity contribution is 7.91. The Balaban J connectivity index is 1.87. The molecule has 0 radical (unpaired) electrons. The summed E-state index contributed by atoms with van der Waals surface area (Å²) in [6, 6.07) is 4.93. The molecule has 1 unspecified atom stereocenters. The van der Waals surface area contributed by atoms with Gasteiger partial charge in [-0.05, 0) is 38.0 Å². The third-order valence-corrected chi connectivity index (χ3v) is 6.19. The maximum Gasteiger partial charge on any atom is 0.217 e. The molecule has 1 aromatic carbocycles. The lowest BCUT2D eigenvalue weighted by molar-refractivity contribution is 0.324. The molecule has 1 saturated carbocycles. The first kappa shape index (κ1) is 12.3. The number of sulfonamides is 1. The van der Waals surface area contributed by atoms with Gasteiger partial charge in [-0.25, -0.2) is 13.1 Å². The van der Waals surface area contributed by atoms with Crippen LogP contribution in [0.5, 0.6) is 5.75 Å². The molecule has 18 heavy (non-hydrogen) atoms. The second-order valence-corrected chi connectivity index (χ2v) is 7.78. The molecule has 1 N–H and O–H groups in total. The fourth-order valence-electron chi connectivity index (χ4n) is 2.06. The predicted octanol–water partition coefficient (Wildman–Crippen LogP) is 2.25. The van der Waals surface area contributed by atoms with Crippen molar-refractivity contribution in [3.05, 3.63) is 28.8 Å². The Bertz CT molecular complexity index is 595. The zero-order valence-corrected chi connectivity index (χ0v) is 11.5. The van der Waals surface area contributed by atoms with Crippen LogP contribution in [-0.4, -0.2) is 19.8 Å². The largest absolute Gasteiger partial charge is 0.491 e. The first-order valence-corrected chi connectivity index (χ1v) is 7.72. The molecule has 1 aliphatic heterocycles. The van der Waals surface area contributed by atoms with Crippen molar-refractivity contribution in [1.82, 2.24) is 4.72 Å². The molecule has 4 nitrogen and oxygen atoms in total. The number of benzene rings is 1. The normalized spacial score (nSPS) is 24.4. The van der Waals surface area contributed by atoms with Gasteiger partial charge in [0.05, 0.1) is 10.8 Å². The molecule has 98 valence electrons. The number of halogens is 1. The first-order valence-electron chi connectivity index (χ1n) is 5.85. The van der Waals surface area contributed by atoms with Crippen molar-refractivity contribution < 1.29 is 13.2 Å². The third kappa shape index (κ3) is 1.90. The molecule has 1 aromatic rings. The van der Waals surface area contributed by atoms with Crippen LogP contribution in [0.3, 0.4) is 0 Å². The van der Waals surface area contributed by atoms with Crippen LogP contribution in [0.15, 0.2) is 18.2 Å². The second-order valence-electron chi connectivity index (χ2n) is 5.12. The summed E-state index contributed by atoms with van der Waals surface area (Å²) in [6.45, 7) is 2.09. The van der Waals surface area contributed by atoms with Crippen LogP contribution in [0, 0.1) is 0 Å². The monoisotopic (exact) mass is 287 g/mol. The smallest absolute Gasteiger partial charge is 0.217 e. The molecule has 1 heterocycles. The van der Waals surface area contributed by atoms with Crippen LogP contribution < -0.4 is 9.46 Å². The van der Waals surface area contributed by atoms with Crippen molar-refractivity contribution in [2.45, 2.75) is 30.6 Å². The van der Waals surface area contributed by atoms with Crippen molar-refractivity contribution in [2.75, 3.05) is 6.61 Å². The summed E-state index contributed by atoms with van der Waals surface area (Å²) in [4.78, 5) is 0. The van der Waals surface area contributed by atoms with Crippen LogP contribution in [0.2, 0.25) is 5.02 Å². The lowest BCUT2D eigenvalue weighted by Crippen LogP contribution is -2.37. The van der Waals surface area contributed by atoms with E-state index in [0.717, 1.165) is 18.4 Å². The zero-order chi connectivity index (χ0) is 13.0. The summed E-state index contributed by atoms with van der Waals surface area (Å²) in [5.41, 5.74) is 0.815. The minimum Gasteiger partial charge on any atom is -0.491 e. The summed E-state index contributed by atoms with van der Waals surface area (Å²) >= 11 is 5.93. The molecule has 0 amide bonds. The Hall–Kier alpha value is -0.780. The number of fused-ring (bicyclic) bond motifs is 1. The molecule has 0 saturated heterocycles. The Morgan fingerprint density at radius 2 is 2.17 bits per heavy atom. The highest BCUT2D eigenvalue weighted by atomic mass is 35.5. The molecule has 6 heteroatoms. The topological polar surface area (TPSA) is 55.4 Å². The van der Waals surface area contributed by atoms with E-state index in [-0.39, 0.29) is 6.04 Å².